The Hall–Kier alpha value is -1.42. The van der Waals surface area contributed by atoms with Gasteiger partial charge in [-0.05, 0) is 31.9 Å². The molecular formula is C11H14N4. The molecule has 0 aliphatic carbocycles. The first kappa shape index (κ1) is 8.85. The molecule has 0 saturated carbocycles. The Balaban J connectivity index is 2.13. The van der Waals surface area contributed by atoms with E-state index in [0.717, 1.165) is 12.3 Å². The standard InChI is InChI=1S/C11H14N4/c1-8-5-13-11-14-6-10(15(11)7-8)9-3-2-4-12-9/h5-7,9,12H,2-4H2,1H3. The highest BCUT2D eigenvalue weighted by Gasteiger charge is 2.19. The van der Waals surface area contributed by atoms with Gasteiger partial charge in [-0.2, -0.15) is 0 Å². The Kier molecular flexibility index (Phi) is 1.95. The van der Waals surface area contributed by atoms with Crippen LogP contribution in [-0.2, 0) is 0 Å². The summed E-state index contributed by atoms with van der Waals surface area (Å²) in [5, 5.41) is 3.48. The molecule has 1 unspecified atom stereocenters. The monoisotopic (exact) mass is 202 g/mol. The van der Waals surface area contributed by atoms with E-state index >= 15 is 0 Å². The van der Waals surface area contributed by atoms with Crippen molar-refractivity contribution in [3.8, 4) is 0 Å². The zero-order valence-corrected chi connectivity index (χ0v) is 8.77. The molecule has 3 heterocycles. The van der Waals surface area contributed by atoms with Gasteiger partial charge in [-0.3, -0.25) is 4.40 Å². The zero-order valence-electron chi connectivity index (χ0n) is 8.77. The van der Waals surface area contributed by atoms with E-state index in [1.54, 1.807) is 0 Å². The van der Waals surface area contributed by atoms with E-state index in [0.29, 0.717) is 6.04 Å². The molecule has 2 aromatic rings. The average molecular weight is 202 g/mol. The quantitative estimate of drug-likeness (QED) is 0.761. The van der Waals surface area contributed by atoms with Gasteiger partial charge in [0.1, 0.15) is 0 Å². The molecule has 15 heavy (non-hydrogen) atoms. The number of imidazole rings is 1. The average Bonchev–Trinajstić information content (AvgIpc) is 2.83. The number of nitrogens with zero attached hydrogens (tertiary/aromatic N) is 3. The van der Waals surface area contributed by atoms with Crippen LogP contribution in [0.1, 0.15) is 30.1 Å². The summed E-state index contributed by atoms with van der Waals surface area (Å²) < 4.78 is 2.10. The van der Waals surface area contributed by atoms with Gasteiger partial charge in [0.05, 0.1) is 11.9 Å². The number of nitrogens with one attached hydrogen (secondary N) is 1. The highest BCUT2D eigenvalue weighted by atomic mass is 15.1. The van der Waals surface area contributed by atoms with Crippen molar-refractivity contribution in [1.82, 2.24) is 19.7 Å². The molecular weight excluding hydrogens is 188 g/mol. The fourth-order valence-electron chi connectivity index (χ4n) is 2.18. The predicted octanol–water partition coefficient (Wildman–Crippen LogP) is 1.46. The molecule has 0 aromatic carbocycles. The van der Waals surface area contributed by atoms with E-state index in [1.807, 2.05) is 12.4 Å². The van der Waals surface area contributed by atoms with Gasteiger partial charge in [-0.25, -0.2) is 9.97 Å². The van der Waals surface area contributed by atoms with Crippen molar-refractivity contribution < 1.29 is 0 Å². The van der Waals surface area contributed by atoms with Crippen molar-refractivity contribution in [2.24, 2.45) is 0 Å². The van der Waals surface area contributed by atoms with Crippen LogP contribution in [0, 0.1) is 6.92 Å². The van der Waals surface area contributed by atoms with Crippen LogP contribution >= 0.6 is 0 Å². The molecule has 1 N–H and O–H groups in total. The van der Waals surface area contributed by atoms with Crippen molar-refractivity contribution in [1.29, 1.82) is 0 Å². The topological polar surface area (TPSA) is 42.2 Å². The van der Waals surface area contributed by atoms with Gasteiger partial charge >= 0.3 is 0 Å². The minimum absolute atomic E-state index is 0.448. The summed E-state index contributed by atoms with van der Waals surface area (Å²) in [5.74, 6) is 0.796. The molecule has 4 nitrogen and oxygen atoms in total. The lowest BCUT2D eigenvalue weighted by atomic mass is 10.2. The number of hydrogen-bond acceptors (Lipinski definition) is 3. The van der Waals surface area contributed by atoms with Crippen molar-refractivity contribution in [3.05, 3.63) is 29.8 Å². The second-order valence-electron chi connectivity index (χ2n) is 4.13. The first-order chi connectivity index (χ1) is 7.34. The third kappa shape index (κ3) is 1.41. The normalized spacial score (nSPS) is 21.3. The van der Waals surface area contributed by atoms with Crippen LogP contribution in [0.15, 0.2) is 18.6 Å². The van der Waals surface area contributed by atoms with Gasteiger partial charge in [0.25, 0.3) is 0 Å². The molecule has 2 aromatic heterocycles. The van der Waals surface area contributed by atoms with Crippen LogP contribution < -0.4 is 5.32 Å². The minimum atomic E-state index is 0.448. The Labute approximate surface area is 88.4 Å². The van der Waals surface area contributed by atoms with E-state index in [4.69, 9.17) is 0 Å². The lowest BCUT2D eigenvalue weighted by Crippen LogP contribution is -2.14. The molecule has 1 atom stereocenters. The van der Waals surface area contributed by atoms with Gasteiger partial charge in [0, 0.05) is 18.4 Å². The number of aryl methyl sites for hydroxylation is 1. The maximum atomic E-state index is 4.32. The van der Waals surface area contributed by atoms with Crippen LogP contribution in [0.2, 0.25) is 0 Å². The maximum Gasteiger partial charge on any atom is 0.233 e. The van der Waals surface area contributed by atoms with Crippen molar-refractivity contribution in [3.63, 3.8) is 0 Å². The fraction of sp³-hybridized carbons (Fsp3) is 0.455. The predicted molar refractivity (Wildman–Crippen MR) is 57.7 cm³/mol. The van der Waals surface area contributed by atoms with Crippen LogP contribution in [0.4, 0.5) is 0 Å². The highest BCUT2D eigenvalue weighted by Crippen LogP contribution is 2.23. The van der Waals surface area contributed by atoms with E-state index in [2.05, 4.69) is 32.8 Å². The first-order valence-corrected chi connectivity index (χ1v) is 5.37. The maximum absolute atomic E-state index is 4.32. The van der Waals surface area contributed by atoms with Crippen molar-refractivity contribution >= 4 is 5.78 Å². The molecule has 1 aliphatic rings. The van der Waals surface area contributed by atoms with E-state index in [-0.39, 0.29) is 0 Å². The van der Waals surface area contributed by atoms with Gasteiger partial charge < -0.3 is 5.32 Å². The number of hydrogen-bond donors (Lipinski definition) is 1. The van der Waals surface area contributed by atoms with E-state index in [9.17, 15) is 0 Å². The molecule has 0 amide bonds. The van der Waals surface area contributed by atoms with Crippen LogP contribution in [-0.4, -0.2) is 20.9 Å². The summed E-state index contributed by atoms with van der Waals surface area (Å²) >= 11 is 0. The lowest BCUT2D eigenvalue weighted by molar-refractivity contribution is 0.621. The molecule has 0 spiro atoms. The largest absolute Gasteiger partial charge is 0.309 e. The van der Waals surface area contributed by atoms with Gasteiger partial charge in [0.15, 0.2) is 0 Å². The fourth-order valence-corrected chi connectivity index (χ4v) is 2.18. The summed E-state index contributed by atoms with van der Waals surface area (Å²) in [6, 6.07) is 0.448. The van der Waals surface area contributed by atoms with Crippen LogP contribution in [0.25, 0.3) is 5.78 Å². The summed E-state index contributed by atoms with van der Waals surface area (Å²) in [6.45, 7) is 3.16. The van der Waals surface area contributed by atoms with Crippen LogP contribution in [0.3, 0.4) is 0 Å². The second kappa shape index (κ2) is 3.31. The SMILES string of the molecule is Cc1cnc2ncc(C3CCCN3)n2c1. The molecule has 4 heteroatoms. The zero-order chi connectivity index (χ0) is 10.3. The molecule has 1 aliphatic heterocycles. The molecule has 1 saturated heterocycles. The molecule has 3 rings (SSSR count). The smallest absolute Gasteiger partial charge is 0.233 e. The Bertz CT molecular complexity index is 482. The van der Waals surface area contributed by atoms with E-state index in [1.165, 1.54) is 24.1 Å². The van der Waals surface area contributed by atoms with Gasteiger partial charge in [0.2, 0.25) is 5.78 Å². The summed E-state index contributed by atoms with van der Waals surface area (Å²) in [4.78, 5) is 8.61. The number of fused-ring (bicyclic) bond motifs is 1. The summed E-state index contributed by atoms with van der Waals surface area (Å²) in [7, 11) is 0. The minimum Gasteiger partial charge on any atom is -0.309 e. The number of rotatable bonds is 1. The molecule has 1 fully saturated rings. The first-order valence-electron chi connectivity index (χ1n) is 5.37. The van der Waals surface area contributed by atoms with Crippen LogP contribution in [0.5, 0.6) is 0 Å². The number of aromatic nitrogens is 3. The lowest BCUT2D eigenvalue weighted by Gasteiger charge is -2.09. The van der Waals surface area contributed by atoms with E-state index < -0.39 is 0 Å². The third-order valence-corrected chi connectivity index (χ3v) is 2.94. The third-order valence-electron chi connectivity index (χ3n) is 2.94. The highest BCUT2D eigenvalue weighted by molar-refractivity contribution is 5.33. The Morgan fingerprint density at radius 3 is 3.07 bits per heavy atom. The Morgan fingerprint density at radius 1 is 1.40 bits per heavy atom. The van der Waals surface area contributed by atoms with Crippen molar-refractivity contribution in [2.75, 3.05) is 6.54 Å². The molecule has 78 valence electrons. The summed E-state index contributed by atoms with van der Waals surface area (Å²) in [6.07, 6.45) is 8.34. The van der Waals surface area contributed by atoms with Crippen molar-refractivity contribution in [2.45, 2.75) is 25.8 Å². The molecule has 0 bridgehead atoms. The second-order valence-corrected chi connectivity index (χ2v) is 4.13. The van der Waals surface area contributed by atoms with Gasteiger partial charge in [-0.1, -0.05) is 0 Å². The molecule has 0 radical (unpaired) electrons. The summed E-state index contributed by atoms with van der Waals surface area (Å²) in [5.41, 5.74) is 2.40. The van der Waals surface area contributed by atoms with Gasteiger partial charge in [-0.15, -0.1) is 0 Å². The Morgan fingerprint density at radius 2 is 2.27 bits per heavy atom.